The van der Waals surface area contributed by atoms with Crippen LogP contribution in [0.4, 0.5) is 15.8 Å². The van der Waals surface area contributed by atoms with Crippen molar-refractivity contribution < 1.29 is 32.9 Å². The van der Waals surface area contributed by atoms with Crippen LogP contribution in [0, 0.1) is 18.7 Å². The number of methoxy groups -OCH3 is 4. The summed E-state index contributed by atoms with van der Waals surface area (Å²) >= 11 is 0. The smallest absolute Gasteiger partial charge is 0.229 e. The van der Waals surface area contributed by atoms with E-state index in [0.29, 0.717) is 46.4 Å². The molecular weight excluding hydrogens is 491 g/mol. The Morgan fingerprint density at radius 1 is 0.921 bits per heavy atom. The summed E-state index contributed by atoms with van der Waals surface area (Å²) in [5, 5.41) is 2.84. The number of carbonyl (C=O) groups excluding carboxylic acids is 2. The van der Waals surface area contributed by atoms with E-state index in [1.165, 1.54) is 27.4 Å². The number of aryl methyl sites for hydroxylation is 1. The topological polar surface area (TPSA) is 86.3 Å². The van der Waals surface area contributed by atoms with Crippen molar-refractivity contribution in [1.29, 1.82) is 0 Å². The Kier molecular flexibility index (Phi) is 8.05. The van der Waals surface area contributed by atoms with Crippen molar-refractivity contribution in [2.24, 2.45) is 5.92 Å². The van der Waals surface area contributed by atoms with Gasteiger partial charge in [0, 0.05) is 24.2 Å². The van der Waals surface area contributed by atoms with Gasteiger partial charge in [-0.15, -0.1) is 0 Å². The van der Waals surface area contributed by atoms with E-state index in [-0.39, 0.29) is 18.2 Å². The molecule has 0 saturated carbocycles. The lowest BCUT2D eigenvalue weighted by Gasteiger charge is -2.41. The van der Waals surface area contributed by atoms with Crippen LogP contribution in [-0.2, 0) is 9.59 Å². The molecule has 2 amide bonds. The summed E-state index contributed by atoms with van der Waals surface area (Å²) in [4.78, 5) is 28.7. The molecule has 8 nitrogen and oxygen atoms in total. The van der Waals surface area contributed by atoms with E-state index in [1.54, 1.807) is 55.3 Å². The summed E-state index contributed by atoms with van der Waals surface area (Å²) in [7, 11) is 6.06. The fourth-order valence-corrected chi connectivity index (χ4v) is 4.77. The summed E-state index contributed by atoms with van der Waals surface area (Å²) in [6.45, 7) is 1.66. The predicted molar refractivity (Wildman–Crippen MR) is 142 cm³/mol. The zero-order valence-corrected chi connectivity index (χ0v) is 22.0. The molecule has 0 bridgehead atoms. The number of carbonyl (C=O) groups is 2. The minimum Gasteiger partial charge on any atom is -0.497 e. The third kappa shape index (κ3) is 5.22. The first-order valence-electron chi connectivity index (χ1n) is 12.1. The Labute approximate surface area is 221 Å². The Bertz CT molecular complexity index is 1300. The van der Waals surface area contributed by atoms with E-state index in [1.807, 2.05) is 12.1 Å². The molecule has 0 aliphatic carbocycles. The Hall–Kier alpha value is -4.27. The molecular formula is C29H31FN2O6. The van der Waals surface area contributed by atoms with E-state index in [2.05, 4.69) is 5.32 Å². The van der Waals surface area contributed by atoms with E-state index >= 15 is 0 Å². The summed E-state index contributed by atoms with van der Waals surface area (Å²) in [5.74, 6) is 0.266. The van der Waals surface area contributed by atoms with Gasteiger partial charge in [-0.05, 0) is 48.7 Å². The molecule has 9 heteroatoms. The van der Waals surface area contributed by atoms with Crippen LogP contribution in [0.5, 0.6) is 23.0 Å². The number of amides is 2. The second-order valence-electron chi connectivity index (χ2n) is 8.96. The Balaban J connectivity index is 1.81. The first-order chi connectivity index (χ1) is 18.3. The van der Waals surface area contributed by atoms with E-state index in [9.17, 15) is 14.0 Å². The van der Waals surface area contributed by atoms with Crippen molar-refractivity contribution in [3.63, 3.8) is 0 Å². The van der Waals surface area contributed by atoms with Crippen molar-refractivity contribution in [3.8, 4) is 23.0 Å². The van der Waals surface area contributed by atoms with Gasteiger partial charge in [0.15, 0.2) is 11.5 Å². The average Bonchev–Trinajstić information content (AvgIpc) is 2.93. The number of rotatable bonds is 8. The summed E-state index contributed by atoms with van der Waals surface area (Å²) in [5.41, 5.74) is 2.06. The van der Waals surface area contributed by atoms with Crippen LogP contribution < -0.4 is 29.2 Å². The Morgan fingerprint density at radius 3 is 2.13 bits per heavy atom. The number of benzene rings is 3. The van der Waals surface area contributed by atoms with Crippen LogP contribution in [-0.4, -0.2) is 40.3 Å². The molecule has 200 valence electrons. The molecule has 1 heterocycles. The zero-order valence-electron chi connectivity index (χ0n) is 22.0. The monoisotopic (exact) mass is 522 g/mol. The summed E-state index contributed by atoms with van der Waals surface area (Å²) < 4.78 is 36.0. The predicted octanol–water partition coefficient (Wildman–Crippen LogP) is 5.29. The van der Waals surface area contributed by atoms with Crippen molar-refractivity contribution >= 4 is 23.2 Å². The maximum Gasteiger partial charge on any atom is 0.229 e. The number of nitrogens with one attached hydrogen (secondary N) is 1. The van der Waals surface area contributed by atoms with Crippen LogP contribution in [0.1, 0.15) is 30.0 Å². The quantitative estimate of drug-likeness (QED) is 0.433. The SMILES string of the molecule is COc1ccc([C@H]2[C@H](C(=O)Nc3ccc(C)c(F)c3)CCC(=O)N2c2cc(OC)c(OC)c(OC)c2)cc1. The minimum absolute atomic E-state index is 0.143. The number of hydrogen-bond donors (Lipinski definition) is 1. The maximum atomic E-state index is 14.2. The number of nitrogens with zero attached hydrogens (tertiary/aromatic N) is 1. The van der Waals surface area contributed by atoms with Crippen molar-refractivity contribution in [1.82, 2.24) is 0 Å². The average molecular weight is 523 g/mol. The number of halogens is 1. The number of piperidine rings is 1. The molecule has 2 atom stereocenters. The maximum absolute atomic E-state index is 14.2. The zero-order chi connectivity index (χ0) is 27.4. The van der Waals surface area contributed by atoms with Gasteiger partial charge in [0.25, 0.3) is 0 Å². The van der Waals surface area contributed by atoms with Gasteiger partial charge >= 0.3 is 0 Å². The third-order valence-electron chi connectivity index (χ3n) is 6.76. The van der Waals surface area contributed by atoms with Crippen molar-refractivity contribution in [2.75, 3.05) is 38.7 Å². The number of ether oxygens (including phenoxy) is 4. The van der Waals surface area contributed by atoms with Gasteiger partial charge in [0.1, 0.15) is 11.6 Å². The molecule has 3 aromatic rings. The van der Waals surface area contributed by atoms with E-state index in [4.69, 9.17) is 18.9 Å². The lowest BCUT2D eigenvalue weighted by Crippen LogP contribution is -2.47. The van der Waals surface area contributed by atoms with E-state index in [0.717, 1.165) is 5.56 Å². The van der Waals surface area contributed by atoms with Gasteiger partial charge in [-0.2, -0.15) is 0 Å². The third-order valence-corrected chi connectivity index (χ3v) is 6.76. The van der Waals surface area contributed by atoms with Crippen molar-refractivity contribution in [3.05, 3.63) is 71.5 Å². The van der Waals surface area contributed by atoms with Crippen LogP contribution >= 0.6 is 0 Å². The highest BCUT2D eigenvalue weighted by molar-refractivity contribution is 6.00. The molecule has 0 spiro atoms. The van der Waals surface area contributed by atoms with Gasteiger partial charge in [-0.1, -0.05) is 18.2 Å². The molecule has 1 fully saturated rings. The highest BCUT2D eigenvalue weighted by atomic mass is 19.1. The van der Waals surface area contributed by atoms with Gasteiger partial charge in [0.2, 0.25) is 17.6 Å². The van der Waals surface area contributed by atoms with Crippen LogP contribution in [0.2, 0.25) is 0 Å². The first-order valence-corrected chi connectivity index (χ1v) is 12.1. The normalized spacial score (nSPS) is 17.1. The number of anilines is 2. The fraction of sp³-hybridized carbons (Fsp3) is 0.310. The van der Waals surface area contributed by atoms with Crippen LogP contribution in [0.15, 0.2) is 54.6 Å². The lowest BCUT2D eigenvalue weighted by atomic mass is 9.83. The molecule has 1 aliphatic heterocycles. The molecule has 4 rings (SSSR count). The summed E-state index contributed by atoms with van der Waals surface area (Å²) in [6.07, 6.45) is 0.459. The first kappa shape index (κ1) is 26.8. The largest absolute Gasteiger partial charge is 0.497 e. The van der Waals surface area contributed by atoms with Gasteiger partial charge in [-0.3, -0.25) is 9.59 Å². The van der Waals surface area contributed by atoms with Gasteiger partial charge in [0.05, 0.1) is 46.1 Å². The van der Waals surface area contributed by atoms with Gasteiger partial charge < -0.3 is 29.2 Å². The fourth-order valence-electron chi connectivity index (χ4n) is 4.77. The molecule has 0 unspecified atom stereocenters. The molecule has 0 radical (unpaired) electrons. The molecule has 1 N–H and O–H groups in total. The molecule has 0 aromatic heterocycles. The molecule has 1 aliphatic rings. The molecule has 3 aromatic carbocycles. The highest BCUT2D eigenvalue weighted by Crippen LogP contribution is 2.46. The standard InChI is InChI=1S/C29H31FN2O6/c1-17-6-9-19(14-23(17)30)31-29(34)22-12-13-26(33)32(27(22)18-7-10-21(35-2)11-8-18)20-15-24(36-3)28(38-5)25(16-20)37-4/h6-11,14-16,22,27H,12-13H2,1-5H3,(H,31,34)/t22-,27+/m1/s1. The second kappa shape index (κ2) is 11.4. The van der Waals surface area contributed by atoms with Crippen LogP contribution in [0.25, 0.3) is 0 Å². The lowest BCUT2D eigenvalue weighted by molar-refractivity contribution is -0.125. The summed E-state index contributed by atoms with van der Waals surface area (Å²) in [6, 6.07) is 14.5. The number of hydrogen-bond acceptors (Lipinski definition) is 6. The second-order valence-corrected chi connectivity index (χ2v) is 8.96. The van der Waals surface area contributed by atoms with Gasteiger partial charge in [-0.25, -0.2) is 4.39 Å². The van der Waals surface area contributed by atoms with E-state index < -0.39 is 17.8 Å². The molecule has 1 saturated heterocycles. The molecule has 38 heavy (non-hydrogen) atoms. The van der Waals surface area contributed by atoms with Crippen LogP contribution in [0.3, 0.4) is 0 Å². The van der Waals surface area contributed by atoms with Crippen molar-refractivity contribution in [2.45, 2.75) is 25.8 Å². The Morgan fingerprint density at radius 2 is 1.58 bits per heavy atom. The highest BCUT2D eigenvalue weighted by Gasteiger charge is 2.42. The minimum atomic E-state index is -0.666.